The fourth-order valence-electron chi connectivity index (χ4n) is 4.77. The Bertz CT molecular complexity index is 1120. The van der Waals surface area contributed by atoms with E-state index in [0.29, 0.717) is 24.1 Å². The maximum atomic E-state index is 13.1. The molecule has 4 atom stereocenters. The SMILES string of the molecule is FC(F)CNc1cnc2cnn([C@H]3C[C@@H]4CN[C@H](c5cc(C(F)(F)F)cnn5)[C@H]4C3)c2n1. The van der Waals surface area contributed by atoms with Gasteiger partial charge in [-0.1, -0.05) is 0 Å². The van der Waals surface area contributed by atoms with Crippen LogP contribution in [0.1, 0.15) is 36.2 Å². The molecule has 1 aliphatic carbocycles. The first kappa shape index (κ1) is 20.9. The Morgan fingerprint density at radius 2 is 2.03 bits per heavy atom. The third-order valence-corrected chi connectivity index (χ3v) is 6.16. The first-order chi connectivity index (χ1) is 15.3. The van der Waals surface area contributed by atoms with Gasteiger partial charge in [0.1, 0.15) is 11.3 Å². The minimum Gasteiger partial charge on any atom is -0.363 e. The topological polar surface area (TPSA) is 93.4 Å². The normalized spacial score (nSPS) is 25.6. The van der Waals surface area contributed by atoms with Crippen LogP contribution in [0.4, 0.5) is 27.8 Å². The molecule has 3 aromatic heterocycles. The zero-order valence-electron chi connectivity index (χ0n) is 16.6. The van der Waals surface area contributed by atoms with Crippen molar-refractivity contribution in [1.82, 2.24) is 35.3 Å². The maximum absolute atomic E-state index is 13.1. The highest BCUT2D eigenvalue weighted by Crippen LogP contribution is 2.49. The molecule has 2 N–H and O–H groups in total. The number of fused-ring (bicyclic) bond motifs is 2. The van der Waals surface area contributed by atoms with Crippen LogP contribution in [-0.2, 0) is 6.18 Å². The number of aromatic nitrogens is 6. The molecule has 0 unspecified atom stereocenters. The van der Waals surface area contributed by atoms with Crippen LogP contribution in [0.15, 0.2) is 24.7 Å². The lowest BCUT2D eigenvalue weighted by Crippen LogP contribution is -2.22. The molecule has 1 aliphatic heterocycles. The van der Waals surface area contributed by atoms with E-state index in [1.807, 2.05) is 0 Å². The fraction of sp³-hybridized carbons (Fsp3) is 0.526. The summed E-state index contributed by atoms with van der Waals surface area (Å²) in [6.45, 7) is 0.114. The van der Waals surface area contributed by atoms with E-state index in [2.05, 4.69) is 35.9 Å². The number of nitrogens with one attached hydrogen (secondary N) is 2. The molecule has 32 heavy (non-hydrogen) atoms. The molecule has 3 aromatic rings. The van der Waals surface area contributed by atoms with E-state index in [9.17, 15) is 22.0 Å². The third kappa shape index (κ3) is 3.85. The van der Waals surface area contributed by atoms with Crippen molar-refractivity contribution in [3.8, 4) is 0 Å². The van der Waals surface area contributed by atoms with Crippen molar-refractivity contribution in [2.24, 2.45) is 11.8 Å². The number of alkyl halides is 5. The highest BCUT2D eigenvalue weighted by molar-refractivity contribution is 5.71. The van der Waals surface area contributed by atoms with Crippen molar-refractivity contribution >= 4 is 17.0 Å². The summed E-state index contributed by atoms with van der Waals surface area (Å²) in [5.41, 5.74) is 0.483. The molecule has 0 radical (unpaired) electrons. The summed E-state index contributed by atoms with van der Waals surface area (Å²) in [5.74, 6) is 0.523. The predicted octanol–water partition coefficient (Wildman–Crippen LogP) is 3.22. The molecule has 13 heteroatoms. The van der Waals surface area contributed by atoms with Crippen molar-refractivity contribution in [3.63, 3.8) is 0 Å². The molecule has 0 aromatic carbocycles. The van der Waals surface area contributed by atoms with Crippen LogP contribution in [0.2, 0.25) is 0 Å². The quantitative estimate of drug-likeness (QED) is 0.572. The van der Waals surface area contributed by atoms with Gasteiger partial charge in [0, 0.05) is 0 Å². The van der Waals surface area contributed by atoms with Crippen LogP contribution < -0.4 is 10.6 Å². The Hall–Kier alpha value is -2.96. The molecular weight excluding hydrogens is 435 g/mol. The maximum Gasteiger partial charge on any atom is 0.418 e. The predicted molar refractivity (Wildman–Crippen MR) is 103 cm³/mol. The average Bonchev–Trinajstić information content (AvgIpc) is 3.45. The van der Waals surface area contributed by atoms with E-state index in [0.717, 1.165) is 18.7 Å². The Morgan fingerprint density at radius 1 is 1.19 bits per heavy atom. The van der Waals surface area contributed by atoms with E-state index in [-0.39, 0.29) is 35.4 Å². The lowest BCUT2D eigenvalue weighted by molar-refractivity contribution is -0.138. The van der Waals surface area contributed by atoms with Gasteiger partial charge in [0.25, 0.3) is 6.43 Å². The van der Waals surface area contributed by atoms with E-state index in [1.54, 1.807) is 10.9 Å². The van der Waals surface area contributed by atoms with Gasteiger partial charge in [-0.25, -0.2) is 23.4 Å². The number of hydrogen-bond acceptors (Lipinski definition) is 7. The van der Waals surface area contributed by atoms with Gasteiger partial charge in [0.2, 0.25) is 0 Å². The number of nitrogens with zero attached hydrogens (tertiary/aromatic N) is 6. The Labute approximate surface area is 178 Å². The lowest BCUT2D eigenvalue weighted by atomic mass is 9.92. The van der Waals surface area contributed by atoms with Crippen LogP contribution in [-0.4, -0.2) is 49.5 Å². The van der Waals surface area contributed by atoms with E-state index in [1.165, 1.54) is 6.20 Å². The Kier molecular flexibility index (Phi) is 5.14. The van der Waals surface area contributed by atoms with Crippen molar-refractivity contribution in [2.45, 2.75) is 37.5 Å². The highest BCUT2D eigenvalue weighted by Gasteiger charge is 2.46. The molecule has 5 rings (SSSR count). The molecule has 2 aliphatic rings. The summed E-state index contributed by atoms with van der Waals surface area (Å²) in [7, 11) is 0. The van der Waals surface area contributed by atoms with E-state index in [4.69, 9.17) is 0 Å². The van der Waals surface area contributed by atoms with Crippen molar-refractivity contribution in [2.75, 3.05) is 18.4 Å². The Morgan fingerprint density at radius 3 is 2.81 bits per heavy atom. The fourth-order valence-corrected chi connectivity index (χ4v) is 4.77. The van der Waals surface area contributed by atoms with Gasteiger partial charge in [-0.15, -0.1) is 0 Å². The number of hydrogen-bond donors (Lipinski definition) is 2. The van der Waals surface area contributed by atoms with Gasteiger partial charge in [-0.05, 0) is 37.3 Å². The van der Waals surface area contributed by atoms with Gasteiger partial charge in [0.05, 0.1) is 48.5 Å². The molecule has 8 nitrogen and oxygen atoms in total. The molecule has 4 heterocycles. The van der Waals surface area contributed by atoms with Gasteiger partial charge in [-0.3, -0.25) is 0 Å². The smallest absolute Gasteiger partial charge is 0.363 e. The molecule has 170 valence electrons. The number of halogens is 5. The molecular formula is C19H19F5N8. The third-order valence-electron chi connectivity index (χ3n) is 6.16. The van der Waals surface area contributed by atoms with Crippen LogP contribution in [0.5, 0.6) is 0 Å². The Balaban J connectivity index is 1.37. The van der Waals surface area contributed by atoms with Crippen molar-refractivity contribution in [1.29, 1.82) is 0 Å². The average molecular weight is 454 g/mol. The second kappa shape index (κ2) is 7.87. The zero-order valence-corrected chi connectivity index (χ0v) is 16.6. The standard InChI is InChI=1S/C19H19F5N8/c20-15(21)7-26-16-8-25-14-6-29-32(18(14)30-16)11-1-9-4-27-17(12(9)3-11)13-2-10(5-28-31-13)19(22,23)24/h2,5-6,8-9,11-12,15,17,27H,1,3-4,7H2,(H,26,30)/t9-,11+,12+,17+/m1/s1. The second-order valence-electron chi connectivity index (χ2n) is 8.13. The first-order valence-corrected chi connectivity index (χ1v) is 10.1. The van der Waals surface area contributed by atoms with Crippen LogP contribution in [0, 0.1) is 11.8 Å². The molecule has 0 bridgehead atoms. The molecule has 1 saturated carbocycles. The highest BCUT2D eigenvalue weighted by atomic mass is 19.4. The summed E-state index contributed by atoms with van der Waals surface area (Å²) < 4.78 is 66.0. The summed E-state index contributed by atoms with van der Waals surface area (Å²) in [6.07, 6.45) is -1.91. The minimum absolute atomic E-state index is 0.0366. The van der Waals surface area contributed by atoms with Gasteiger partial charge < -0.3 is 10.6 Å². The largest absolute Gasteiger partial charge is 0.418 e. The summed E-state index contributed by atoms with van der Waals surface area (Å²) in [4.78, 5) is 8.62. The number of anilines is 1. The molecule has 1 saturated heterocycles. The van der Waals surface area contributed by atoms with Crippen molar-refractivity contribution < 1.29 is 22.0 Å². The number of rotatable bonds is 5. The van der Waals surface area contributed by atoms with Crippen LogP contribution in [0.25, 0.3) is 11.2 Å². The van der Waals surface area contributed by atoms with Gasteiger partial charge in [-0.2, -0.15) is 28.5 Å². The van der Waals surface area contributed by atoms with Crippen LogP contribution >= 0.6 is 0 Å². The lowest BCUT2D eigenvalue weighted by Gasteiger charge is -2.19. The van der Waals surface area contributed by atoms with Gasteiger partial charge in [0.15, 0.2) is 5.65 Å². The van der Waals surface area contributed by atoms with E-state index >= 15 is 0 Å². The summed E-state index contributed by atoms with van der Waals surface area (Å²) in [6, 6.07) is 0.678. The van der Waals surface area contributed by atoms with E-state index < -0.39 is 24.7 Å². The summed E-state index contributed by atoms with van der Waals surface area (Å²) in [5, 5.41) is 17.7. The molecule has 2 fully saturated rings. The molecule has 0 spiro atoms. The summed E-state index contributed by atoms with van der Waals surface area (Å²) >= 11 is 0. The zero-order chi connectivity index (χ0) is 22.5. The van der Waals surface area contributed by atoms with Crippen molar-refractivity contribution in [3.05, 3.63) is 35.9 Å². The minimum atomic E-state index is -4.48. The second-order valence-corrected chi connectivity index (χ2v) is 8.13. The van der Waals surface area contributed by atoms with Gasteiger partial charge >= 0.3 is 6.18 Å². The molecule has 0 amide bonds. The first-order valence-electron chi connectivity index (χ1n) is 10.1. The monoisotopic (exact) mass is 454 g/mol. The van der Waals surface area contributed by atoms with Crippen LogP contribution in [0.3, 0.4) is 0 Å².